The van der Waals surface area contributed by atoms with Gasteiger partial charge in [-0.05, 0) is 36.8 Å². The first-order chi connectivity index (χ1) is 9.88. The summed E-state index contributed by atoms with van der Waals surface area (Å²) in [5.74, 6) is -0.162. The van der Waals surface area contributed by atoms with Crippen molar-refractivity contribution in [1.82, 2.24) is 4.90 Å². The summed E-state index contributed by atoms with van der Waals surface area (Å²) in [5, 5.41) is 14.3. The predicted octanol–water partition coefficient (Wildman–Crippen LogP) is 2.90. The lowest BCUT2D eigenvalue weighted by Crippen LogP contribution is -2.22. The minimum atomic E-state index is -0.419. The van der Waals surface area contributed by atoms with Gasteiger partial charge in [-0.25, -0.2) is 0 Å². The molecule has 1 N–H and O–H groups in total. The number of benzene rings is 1. The molecule has 0 saturated heterocycles. The smallest absolute Gasteiger partial charge is 0.292 e. The molecule has 6 nitrogen and oxygen atoms in total. The maximum absolute atomic E-state index is 12.0. The maximum Gasteiger partial charge on any atom is 0.292 e. The van der Waals surface area contributed by atoms with Gasteiger partial charge in [0.15, 0.2) is 0 Å². The van der Waals surface area contributed by atoms with Crippen LogP contribution in [0.1, 0.15) is 36.5 Å². The van der Waals surface area contributed by atoms with Crippen LogP contribution >= 0.6 is 0 Å². The standard InChI is InChI=1S/C15H21N3O3/c1-4-15(7-8-15)10-16-12-9-11(14(19)17(2)3)5-6-13(12)18(20)21/h5-6,9,16H,4,7-8,10H2,1-3H3. The normalized spacial score (nSPS) is 15.4. The van der Waals surface area contributed by atoms with Crippen molar-refractivity contribution in [3.05, 3.63) is 33.9 Å². The summed E-state index contributed by atoms with van der Waals surface area (Å²) in [6.45, 7) is 2.85. The van der Waals surface area contributed by atoms with E-state index in [2.05, 4.69) is 12.2 Å². The summed E-state index contributed by atoms with van der Waals surface area (Å²) in [5.41, 5.74) is 1.16. The number of nitrogens with one attached hydrogen (secondary N) is 1. The average Bonchev–Trinajstić information content (AvgIpc) is 3.24. The second kappa shape index (κ2) is 5.71. The molecule has 1 fully saturated rings. The first-order valence-electron chi connectivity index (χ1n) is 7.12. The van der Waals surface area contributed by atoms with Gasteiger partial charge in [0.25, 0.3) is 11.6 Å². The van der Waals surface area contributed by atoms with Crippen molar-refractivity contribution in [2.45, 2.75) is 26.2 Å². The van der Waals surface area contributed by atoms with Gasteiger partial charge in [-0.3, -0.25) is 14.9 Å². The van der Waals surface area contributed by atoms with Gasteiger partial charge in [0.05, 0.1) is 4.92 Å². The first-order valence-corrected chi connectivity index (χ1v) is 7.12. The molecule has 1 aliphatic rings. The number of nitro groups is 1. The van der Waals surface area contributed by atoms with Crippen LogP contribution in [0.2, 0.25) is 0 Å². The summed E-state index contributed by atoms with van der Waals surface area (Å²) >= 11 is 0. The average molecular weight is 291 g/mol. The topological polar surface area (TPSA) is 75.5 Å². The molecule has 1 amide bonds. The summed E-state index contributed by atoms with van der Waals surface area (Å²) in [6, 6.07) is 4.47. The molecule has 21 heavy (non-hydrogen) atoms. The molecule has 0 spiro atoms. The molecular formula is C15H21N3O3. The van der Waals surface area contributed by atoms with Crippen LogP contribution in [0, 0.1) is 15.5 Å². The Labute approximate surface area is 124 Å². The minimum Gasteiger partial charge on any atom is -0.379 e. The van der Waals surface area contributed by atoms with Crippen LogP contribution in [0.4, 0.5) is 11.4 Å². The Bertz CT molecular complexity index is 565. The monoisotopic (exact) mass is 291 g/mol. The number of rotatable bonds is 6. The van der Waals surface area contributed by atoms with E-state index in [0.717, 1.165) is 19.3 Å². The highest BCUT2D eigenvalue weighted by molar-refractivity contribution is 5.95. The number of anilines is 1. The van der Waals surface area contributed by atoms with Crippen molar-refractivity contribution in [3.8, 4) is 0 Å². The molecule has 0 bridgehead atoms. The van der Waals surface area contributed by atoms with Crippen LogP contribution in [-0.2, 0) is 0 Å². The van der Waals surface area contributed by atoms with Gasteiger partial charge in [0, 0.05) is 32.3 Å². The van der Waals surface area contributed by atoms with E-state index in [1.807, 2.05) is 0 Å². The molecule has 0 radical (unpaired) electrons. The lowest BCUT2D eigenvalue weighted by Gasteiger charge is -2.16. The molecule has 0 aromatic heterocycles. The summed E-state index contributed by atoms with van der Waals surface area (Å²) in [6.07, 6.45) is 3.37. The molecule has 0 atom stereocenters. The molecule has 1 saturated carbocycles. The van der Waals surface area contributed by atoms with Gasteiger partial charge < -0.3 is 10.2 Å². The Hall–Kier alpha value is -2.11. The van der Waals surface area contributed by atoms with Crippen molar-refractivity contribution in [3.63, 3.8) is 0 Å². The quantitative estimate of drug-likeness (QED) is 0.646. The first kappa shape index (κ1) is 15.3. The Morgan fingerprint density at radius 1 is 1.43 bits per heavy atom. The Balaban J connectivity index is 2.24. The Kier molecular flexibility index (Phi) is 4.16. The number of nitrogens with zero attached hydrogens (tertiary/aromatic N) is 2. The zero-order chi connectivity index (χ0) is 15.6. The number of carbonyl (C=O) groups excluding carboxylic acids is 1. The number of nitro benzene ring substituents is 1. The molecule has 2 rings (SSSR count). The van der Waals surface area contributed by atoms with Crippen molar-refractivity contribution < 1.29 is 9.72 Å². The van der Waals surface area contributed by atoms with E-state index in [4.69, 9.17) is 0 Å². The molecule has 114 valence electrons. The Morgan fingerprint density at radius 3 is 2.57 bits per heavy atom. The van der Waals surface area contributed by atoms with Gasteiger partial charge in [-0.15, -0.1) is 0 Å². The maximum atomic E-state index is 12.0. The molecule has 1 aliphatic carbocycles. The van der Waals surface area contributed by atoms with Crippen LogP contribution in [-0.4, -0.2) is 36.4 Å². The zero-order valence-electron chi connectivity index (χ0n) is 12.7. The SMILES string of the molecule is CCC1(CNc2cc(C(=O)N(C)C)ccc2[N+](=O)[O-])CC1. The van der Waals surface area contributed by atoms with Crippen molar-refractivity contribution in [1.29, 1.82) is 0 Å². The van der Waals surface area contributed by atoms with Crippen LogP contribution < -0.4 is 5.32 Å². The summed E-state index contributed by atoms with van der Waals surface area (Å²) in [4.78, 5) is 24.1. The van der Waals surface area contributed by atoms with Crippen LogP contribution in [0.15, 0.2) is 18.2 Å². The second-order valence-corrected chi connectivity index (χ2v) is 5.90. The van der Waals surface area contributed by atoms with E-state index >= 15 is 0 Å². The second-order valence-electron chi connectivity index (χ2n) is 5.90. The van der Waals surface area contributed by atoms with Crippen LogP contribution in [0.5, 0.6) is 0 Å². The molecule has 0 unspecified atom stereocenters. The highest BCUT2D eigenvalue weighted by Crippen LogP contribution is 2.48. The third kappa shape index (κ3) is 3.32. The minimum absolute atomic E-state index is 0.0113. The highest BCUT2D eigenvalue weighted by Gasteiger charge is 2.40. The van der Waals surface area contributed by atoms with Gasteiger partial charge in [-0.1, -0.05) is 6.92 Å². The summed E-state index contributed by atoms with van der Waals surface area (Å²) < 4.78 is 0. The van der Waals surface area contributed by atoms with E-state index in [9.17, 15) is 14.9 Å². The van der Waals surface area contributed by atoms with Gasteiger partial charge >= 0.3 is 0 Å². The number of amides is 1. The number of hydrogen-bond donors (Lipinski definition) is 1. The Morgan fingerprint density at radius 2 is 2.10 bits per heavy atom. The van der Waals surface area contributed by atoms with E-state index in [-0.39, 0.29) is 17.0 Å². The van der Waals surface area contributed by atoms with Crippen molar-refractivity contribution in [2.75, 3.05) is 26.0 Å². The van der Waals surface area contributed by atoms with Gasteiger partial charge in [0.1, 0.15) is 5.69 Å². The lowest BCUT2D eigenvalue weighted by atomic mass is 10.0. The molecule has 0 heterocycles. The van der Waals surface area contributed by atoms with Crippen molar-refractivity contribution in [2.24, 2.45) is 5.41 Å². The molecule has 1 aromatic rings. The largest absolute Gasteiger partial charge is 0.379 e. The fourth-order valence-electron chi connectivity index (χ4n) is 2.34. The van der Waals surface area contributed by atoms with Crippen LogP contribution in [0.3, 0.4) is 0 Å². The zero-order valence-corrected chi connectivity index (χ0v) is 12.7. The third-order valence-corrected chi connectivity index (χ3v) is 4.21. The number of carbonyl (C=O) groups is 1. The fourth-order valence-corrected chi connectivity index (χ4v) is 2.34. The van der Waals surface area contributed by atoms with E-state index < -0.39 is 4.92 Å². The summed E-state index contributed by atoms with van der Waals surface area (Å²) in [7, 11) is 3.32. The fraction of sp³-hybridized carbons (Fsp3) is 0.533. The third-order valence-electron chi connectivity index (χ3n) is 4.21. The molecular weight excluding hydrogens is 270 g/mol. The van der Waals surface area contributed by atoms with Gasteiger partial charge in [0.2, 0.25) is 0 Å². The highest BCUT2D eigenvalue weighted by atomic mass is 16.6. The van der Waals surface area contributed by atoms with Crippen LogP contribution in [0.25, 0.3) is 0 Å². The van der Waals surface area contributed by atoms with E-state index in [1.165, 1.54) is 17.0 Å². The van der Waals surface area contributed by atoms with Gasteiger partial charge in [-0.2, -0.15) is 0 Å². The predicted molar refractivity (Wildman–Crippen MR) is 81.6 cm³/mol. The molecule has 0 aliphatic heterocycles. The molecule has 1 aromatic carbocycles. The molecule has 6 heteroatoms. The number of hydrogen-bond acceptors (Lipinski definition) is 4. The van der Waals surface area contributed by atoms with Crippen molar-refractivity contribution >= 4 is 17.3 Å². The van der Waals surface area contributed by atoms with E-state index in [0.29, 0.717) is 17.8 Å². The lowest BCUT2D eigenvalue weighted by molar-refractivity contribution is -0.384. The van der Waals surface area contributed by atoms with E-state index in [1.54, 1.807) is 20.2 Å².